The van der Waals surface area contributed by atoms with Gasteiger partial charge in [-0.3, -0.25) is 24.6 Å². The monoisotopic (exact) mass is 725 g/mol. The number of pyridine rings is 2. The first-order valence-corrected chi connectivity index (χ1v) is 19.3. The third-order valence-electron chi connectivity index (χ3n) is 10.3. The molecule has 1 atom stereocenters. The summed E-state index contributed by atoms with van der Waals surface area (Å²) in [6.07, 6.45) is 7.03. The van der Waals surface area contributed by atoms with E-state index in [2.05, 4.69) is 39.1 Å². The number of amides is 3. The van der Waals surface area contributed by atoms with Crippen LogP contribution in [0.5, 0.6) is 5.75 Å². The van der Waals surface area contributed by atoms with Gasteiger partial charge < -0.3 is 9.08 Å². The molecule has 0 bridgehead atoms. The van der Waals surface area contributed by atoms with E-state index >= 15 is 0 Å². The largest absolute Gasteiger partial charge is 0.379 e. The van der Waals surface area contributed by atoms with E-state index < -0.39 is 16.2 Å². The van der Waals surface area contributed by atoms with E-state index in [1.54, 1.807) is 66.0 Å². The van der Waals surface area contributed by atoms with Gasteiger partial charge in [0.05, 0.1) is 12.1 Å². The first-order valence-electron chi connectivity index (χ1n) is 17.9. The van der Waals surface area contributed by atoms with Crippen LogP contribution in [0.1, 0.15) is 29.5 Å². The zero-order valence-electron chi connectivity index (χ0n) is 29.1. The Balaban J connectivity index is 1.00. The van der Waals surface area contributed by atoms with Crippen molar-refractivity contribution in [2.45, 2.75) is 43.3 Å². The lowest BCUT2D eigenvalue weighted by atomic mass is 9.95. The number of hydrogen-bond donors (Lipinski definition) is 0. The first-order chi connectivity index (χ1) is 25.8. The molecule has 8 rings (SSSR count). The highest BCUT2D eigenvalue weighted by Gasteiger charge is 2.45. The number of imide groups is 1. The van der Waals surface area contributed by atoms with Crippen LogP contribution in [0, 0.1) is 5.92 Å². The van der Waals surface area contributed by atoms with Gasteiger partial charge in [-0.25, -0.2) is 4.79 Å². The number of aromatic nitrogens is 2. The zero-order chi connectivity index (χ0) is 36.4. The van der Waals surface area contributed by atoms with Crippen LogP contribution in [0.15, 0.2) is 133 Å². The lowest BCUT2D eigenvalue weighted by Crippen LogP contribution is -2.43. The van der Waals surface area contributed by atoms with Crippen molar-refractivity contribution in [1.29, 1.82) is 0 Å². The second kappa shape index (κ2) is 14.8. The van der Waals surface area contributed by atoms with Crippen molar-refractivity contribution in [3.63, 3.8) is 0 Å². The molecule has 11 heteroatoms. The summed E-state index contributed by atoms with van der Waals surface area (Å²) in [6, 6.07) is 32.3. The summed E-state index contributed by atoms with van der Waals surface area (Å²) in [7, 11) is -4.14. The number of hydrogen-bond acceptors (Lipinski definition) is 8. The molecule has 6 aromatic rings. The van der Waals surface area contributed by atoms with E-state index in [9.17, 15) is 18.0 Å². The van der Waals surface area contributed by atoms with Crippen molar-refractivity contribution in [1.82, 2.24) is 24.7 Å². The number of fused-ring (bicyclic) bond motifs is 2. The highest BCUT2D eigenvalue weighted by atomic mass is 32.2. The van der Waals surface area contributed by atoms with Crippen LogP contribution in [0.25, 0.3) is 21.7 Å². The highest BCUT2D eigenvalue weighted by Crippen LogP contribution is 2.31. The van der Waals surface area contributed by atoms with E-state index in [4.69, 9.17) is 4.18 Å². The third kappa shape index (κ3) is 7.35. The predicted octanol–water partition coefficient (Wildman–Crippen LogP) is 6.84. The minimum Gasteiger partial charge on any atom is -0.379 e. The van der Waals surface area contributed by atoms with Crippen LogP contribution in [-0.2, 0) is 34.4 Å². The molecule has 2 aliphatic heterocycles. The highest BCUT2D eigenvalue weighted by molar-refractivity contribution is 7.87. The molecule has 2 aromatic heterocycles. The number of piperidine rings is 1. The number of likely N-dealkylation sites (tertiary alicyclic amines) is 1. The minimum absolute atomic E-state index is 0.0557. The Labute approximate surface area is 308 Å². The van der Waals surface area contributed by atoms with Crippen molar-refractivity contribution in [2.75, 3.05) is 19.6 Å². The number of carbonyl (C=O) groups excluding carboxylic acids is 2. The van der Waals surface area contributed by atoms with Gasteiger partial charge in [0.2, 0.25) is 0 Å². The van der Waals surface area contributed by atoms with E-state index in [1.165, 1.54) is 16.5 Å². The smallest absolute Gasteiger partial charge is 0.339 e. The topological polar surface area (TPSA) is 113 Å². The molecule has 0 radical (unpaired) electrons. The van der Waals surface area contributed by atoms with Crippen LogP contribution in [0.2, 0.25) is 0 Å². The summed E-state index contributed by atoms with van der Waals surface area (Å²) >= 11 is 0. The van der Waals surface area contributed by atoms with Crippen molar-refractivity contribution in [3.8, 4) is 5.75 Å². The molecule has 53 heavy (non-hydrogen) atoms. The average Bonchev–Trinajstić information content (AvgIpc) is 3.39. The van der Waals surface area contributed by atoms with Gasteiger partial charge in [0.1, 0.15) is 16.7 Å². The van der Waals surface area contributed by atoms with Crippen molar-refractivity contribution >= 4 is 43.7 Å². The Bertz CT molecular complexity index is 2370. The summed E-state index contributed by atoms with van der Waals surface area (Å²) in [5.74, 6) is 0.165. The first kappa shape index (κ1) is 34.4. The molecule has 4 heterocycles. The van der Waals surface area contributed by atoms with Crippen molar-refractivity contribution in [3.05, 3.63) is 144 Å². The van der Waals surface area contributed by atoms with E-state index in [-0.39, 0.29) is 41.5 Å². The number of benzene rings is 4. The molecule has 2 saturated heterocycles. The maximum absolute atomic E-state index is 14.2. The molecule has 0 aliphatic carbocycles. The van der Waals surface area contributed by atoms with Gasteiger partial charge in [0.15, 0.2) is 0 Å². The quantitative estimate of drug-likeness (QED) is 0.106. The summed E-state index contributed by atoms with van der Waals surface area (Å²) in [4.78, 5) is 42.6. The van der Waals surface area contributed by atoms with E-state index in [1.807, 2.05) is 36.4 Å². The number of urea groups is 1. The minimum atomic E-state index is -4.14. The zero-order valence-corrected chi connectivity index (χ0v) is 29.9. The molecule has 3 amide bonds. The Morgan fingerprint density at radius 3 is 2.34 bits per heavy atom. The molecular weight excluding hydrogens is 687 g/mol. The summed E-state index contributed by atoms with van der Waals surface area (Å²) < 4.78 is 32.2. The lowest BCUT2D eigenvalue weighted by molar-refractivity contribution is -0.128. The van der Waals surface area contributed by atoms with Gasteiger partial charge in [-0.2, -0.15) is 8.42 Å². The van der Waals surface area contributed by atoms with Gasteiger partial charge in [0.25, 0.3) is 5.91 Å². The summed E-state index contributed by atoms with van der Waals surface area (Å²) in [5, 5.41) is 2.12. The Morgan fingerprint density at radius 1 is 0.736 bits per heavy atom. The summed E-state index contributed by atoms with van der Waals surface area (Å²) in [6.45, 7) is 3.38. The second-order valence-corrected chi connectivity index (χ2v) is 15.3. The fourth-order valence-electron chi connectivity index (χ4n) is 7.55. The number of carbonyl (C=O) groups is 2. The Hall–Kier alpha value is -5.65. The lowest BCUT2D eigenvalue weighted by Gasteiger charge is -2.34. The fraction of sp³-hybridized carbons (Fsp3) is 0.238. The molecule has 2 fully saturated rings. The van der Waals surface area contributed by atoms with Gasteiger partial charge in [-0.1, -0.05) is 72.8 Å². The molecule has 268 valence electrons. The van der Waals surface area contributed by atoms with Gasteiger partial charge in [0, 0.05) is 54.3 Å². The third-order valence-corrected chi connectivity index (χ3v) is 11.7. The normalized spacial score (nSPS) is 17.2. The van der Waals surface area contributed by atoms with Crippen LogP contribution < -0.4 is 4.18 Å². The van der Waals surface area contributed by atoms with E-state index in [0.717, 1.165) is 54.5 Å². The molecule has 0 N–H and O–H groups in total. The summed E-state index contributed by atoms with van der Waals surface area (Å²) in [5.41, 5.74) is 3.74. The van der Waals surface area contributed by atoms with Crippen molar-refractivity contribution in [2.24, 2.45) is 5.92 Å². The van der Waals surface area contributed by atoms with Crippen LogP contribution in [-0.4, -0.2) is 70.7 Å². The average molecular weight is 726 g/mol. The number of nitrogens with zero attached hydrogens (tertiary/aromatic N) is 5. The van der Waals surface area contributed by atoms with E-state index in [0.29, 0.717) is 17.3 Å². The van der Waals surface area contributed by atoms with Gasteiger partial charge >= 0.3 is 16.1 Å². The molecule has 4 aromatic carbocycles. The number of rotatable bonds is 11. The van der Waals surface area contributed by atoms with Crippen molar-refractivity contribution < 1.29 is 22.2 Å². The molecule has 0 saturated carbocycles. The van der Waals surface area contributed by atoms with Crippen LogP contribution in [0.3, 0.4) is 0 Å². The SMILES string of the molecule is O=C1C(Cc2ccc(OS(=O)(=O)c3cccc4cnccc34)cc2)N(CC2CCN(Cc3ccccc3)CC2)C(=O)N1Cc1cccc2ncccc12. The molecular formula is C42H39N5O5S. The molecule has 1 unspecified atom stereocenters. The fourth-order valence-corrected chi connectivity index (χ4v) is 8.71. The molecule has 0 spiro atoms. The standard InChI is InChI=1S/C42H39N5O5S/c48-41-39(25-30-14-16-35(17-15-30)52-53(50,51)40-13-5-9-33-26-43-22-18-37(33)40)46(28-32-19-23-45(24-20-32)27-31-7-2-1-3-8-31)42(49)47(41)29-34-10-4-12-38-36(34)11-6-21-44-38/h1-18,21-22,26,32,39H,19-20,23-25,27-29H2. The maximum Gasteiger partial charge on any atom is 0.339 e. The molecule has 10 nitrogen and oxygen atoms in total. The Kier molecular flexibility index (Phi) is 9.59. The van der Waals surface area contributed by atoms with Crippen LogP contribution in [0.4, 0.5) is 4.79 Å². The van der Waals surface area contributed by atoms with Gasteiger partial charge in [-0.05, 0) is 84.9 Å². The predicted molar refractivity (Wildman–Crippen MR) is 202 cm³/mol. The Morgan fingerprint density at radius 2 is 1.53 bits per heavy atom. The van der Waals surface area contributed by atoms with Gasteiger partial charge in [-0.15, -0.1) is 0 Å². The molecule has 2 aliphatic rings. The maximum atomic E-state index is 14.2. The second-order valence-electron chi connectivity index (χ2n) is 13.8. The van der Waals surface area contributed by atoms with Crippen LogP contribution >= 0.6 is 0 Å².